The highest BCUT2D eigenvalue weighted by atomic mass is 32.1. The van der Waals surface area contributed by atoms with Crippen molar-refractivity contribution in [3.8, 4) is 0 Å². The third-order valence-electron chi connectivity index (χ3n) is 0.379. The summed E-state index contributed by atoms with van der Waals surface area (Å²) < 4.78 is 9.58. The minimum absolute atomic E-state index is 0.275. The lowest BCUT2D eigenvalue weighted by atomic mass is 10.7. The van der Waals surface area contributed by atoms with Crippen LogP contribution < -0.4 is 0 Å². The molecule has 0 amide bonds. The van der Waals surface area contributed by atoms with Gasteiger partial charge in [0, 0.05) is 0 Å². The molecule has 0 aliphatic rings. The van der Waals surface area contributed by atoms with Gasteiger partial charge in [0.15, 0.2) is 0 Å². The van der Waals surface area contributed by atoms with Crippen LogP contribution in [0.4, 0.5) is 0 Å². The van der Waals surface area contributed by atoms with E-state index in [0.29, 0.717) is 6.54 Å². The lowest BCUT2D eigenvalue weighted by Crippen LogP contribution is -1.66. The summed E-state index contributed by atoms with van der Waals surface area (Å²) in [6.45, 7) is 0.402. The molecule has 0 bridgehead atoms. The van der Waals surface area contributed by atoms with Crippen LogP contribution >= 0.6 is 12.2 Å². The highest BCUT2D eigenvalue weighted by Gasteiger charge is 1.61. The van der Waals surface area contributed by atoms with Gasteiger partial charge in [0.1, 0.15) is 11.3 Å². The maximum absolute atomic E-state index is 9.58. The summed E-state index contributed by atoms with van der Waals surface area (Å²) in [6.07, 6.45) is 1.50. The Morgan fingerprint density at radius 3 is 3.12 bits per heavy atom. The van der Waals surface area contributed by atoms with Gasteiger partial charge in [0.2, 0.25) is 0 Å². The van der Waals surface area contributed by atoms with E-state index in [2.05, 4.69) is 27.4 Å². The van der Waals surface area contributed by atoms with E-state index in [9.17, 15) is 4.21 Å². The lowest BCUT2D eigenvalue weighted by Gasteiger charge is -1.65. The topological polar surface area (TPSA) is 29.4 Å². The van der Waals surface area contributed by atoms with E-state index in [0.717, 1.165) is 0 Å². The lowest BCUT2D eigenvalue weighted by molar-refractivity contribution is 0.701. The fourth-order valence-electron chi connectivity index (χ4n) is 0.154. The molecule has 0 heterocycles. The Labute approximate surface area is 56.0 Å². The highest BCUT2D eigenvalue weighted by Crippen LogP contribution is 1.62. The van der Waals surface area contributed by atoms with Gasteiger partial charge in [-0.2, -0.15) is 0 Å². The van der Waals surface area contributed by atoms with E-state index in [-0.39, 0.29) is 11.3 Å². The zero-order valence-electron chi connectivity index (χ0n) is 3.96. The normalized spacial score (nSPS) is 6.00. The molecule has 0 saturated carbocycles. The van der Waals surface area contributed by atoms with Gasteiger partial charge in [0.05, 0.1) is 11.7 Å². The van der Waals surface area contributed by atoms with E-state index in [1.165, 1.54) is 6.08 Å². The molecule has 0 aromatic rings. The van der Waals surface area contributed by atoms with Crippen LogP contribution in [0.1, 0.15) is 0 Å². The molecule has 0 aromatic carbocycles. The molecule has 4 heteroatoms. The first-order valence-corrected chi connectivity index (χ1v) is 2.96. The average molecular weight is 145 g/mol. The van der Waals surface area contributed by atoms with Crippen LogP contribution in [0, 0.1) is 0 Å². The first-order valence-electron chi connectivity index (χ1n) is 1.81. The maximum Gasteiger partial charge on any atom is 0.142 e. The monoisotopic (exact) mass is 145 g/mol. The first kappa shape index (κ1) is 7.47. The number of rotatable bonds is 2. The molecule has 0 radical (unpaired) electrons. The van der Waals surface area contributed by atoms with Gasteiger partial charge in [0.25, 0.3) is 0 Å². The van der Waals surface area contributed by atoms with Gasteiger partial charge in [-0.1, -0.05) is 0 Å². The van der Waals surface area contributed by atoms with Gasteiger partial charge in [-0.15, -0.1) is 0 Å². The molecular weight excluding hydrogens is 142 g/mol. The van der Waals surface area contributed by atoms with Gasteiger partial charge >= 0.3 is 0 Å². The van der Waals surface area contributed by atoms with Gasteiger partial charge in [-0.3, -0.25) is 0 Å². The van der Waals surface area contributed by atoms with Crippen molar-refractivity contribution >= 4 is 33.7 Å². The van der Waals surface area contributed by atoms with Crippen LogP contribution in [-0.2, 0) is 11.3 Å². The van der Waals surface area contributed by atoms with Crippen LogP contribution in [0.2, 0.25) is 0 Å². The summed E-state index contributed by atoms with van der Waals surface area (Å²) in [7, 11) is 0. The maximum atomic E-state index is 9.58. The van der Waals surface area contributed by atoms with Crippen LogP contribution in [0.3, 0.4) is 0 Å². The molecular formula is C4H3NOS2. The molecule has 0 fully saturated rings. The Balaban J connectivity index is 3.61. The average Bonchev–Trinajstić information content (AvgIpc) is 1.81. The van der Waals surface area contributed by atoms with Crippen LogP contribution in [0.25, 0.3) is 0 Å². The van der Waals surface area contributed by atoms with Crippen LogP contribution in [0.15, 0.2) is 11.1 Å². The van der Waals surface area contributed by atoms with E-state index in [1.807, 2.05) is 0 Å². The highest BCUT2D eigenvalue weighted by molar-refractivity contribution is 7.78. The summed E-state index contributed by atoms with van der Waals surface area (Å²) in [5, 5.41) is 4.49. The Hall–Kier alpha value is -0.530. The van der Waals surface area contributed by atoms with E-state index in [4.69, 9.17) is 0 Å². The summed E-state index contributed by atoms with van der Waals surface area (Å²) >= 11 is 4.53. The molecule has 42 valence electrons. The van der Waals surface area contributed by atoms with Crippen molar-refractivity contribution in [3.05, 3.63) is 6.08 Å². The fourth-order valence-corrected chi connectivity index (χ4v) is 0.371. The minimum Gasteiger partial charge on any atom is -0.228 e. The third-order valence-corrected chi connectivity index (χ3v) is 0.771. The number of hydrogen-bond acceptors (Lipinski definition) is 3. The first-order chi connectivity index (χ1) is 3.91. The zero-order valence-corrected chi connectivity index (χ0v) is 5.59. The van der Waals surface area contributed by atoms with E-state index in [1.54, 1.807) is 0 Å². The second-order valence-electron chi connectivity index (χ2n) is 0.837. The molecule has 0 aliphatic carbocycles. The third kappa shape index (κ3) is 5.47. The smallest absolute Gasteiger partial charge is 0.142 e. The molecule has 0 saturated heterocycles. The van der Waals surface area contributed by atoms with Crippen molar-refractivity contribution in [1.82, 2.24) is 0 Å². The largest absolute Gasteiger partial charge is 0.228 e. The second-order valence-corrected chi connectivity index (χ2v) is 1.42. The molecule has 0 atom stereocenters. The quantitative estimate of drug-likeness (QED) is 0.412. The molecule has 0 aromatic heterocycles. The molecule has 0 N–H and O–H groups in total. The van der Waals surface area contributed by atoms with Crippen molar-refractivity contribution < 1.29 is 4.21 Å². The number of hydrogen-bond donors (Lipinski definition) is 0. The SMILES string of the molecule is O=S=C=CCN=C=S. The second kappa shape index (κ2) is 6.47. The summed E-state index contributed by atoms with van der Waals surface area (Å²) in [5.74, 6) is 0. The molecule has 2 nitrogen and oxygen atoms in total. The Morgan fingerprint density at radius 2 is 2.62 bits per heavy atom. The van der Waals surface area contributed by atoms with E-state index >= 15 is 0 Å². The van der Waals surface area contributed by atoms with Gasteiger partial charge in [-0.25, -0.2) is 9.20 Å². The molecule has 0 spiro atoms. The Bertz CT molecular complexity index is 182. The number of isothiocyanates is 1. The Kier molecular flexibility index (Phi) is 6.04. The zero-order chi connectivity index (χ0) is 6.24. The van der Waals surface area contributed by atoms with Gasteiger partial charge < -0.3 is 0 Å². The summed E-state index contributed by atoms with van der Waals surface area (Å²) in [6, 6.07) is 0. The molecule has 0 rings (SSSR count). The number of nitrogens with zero attached hydrogens (tertiary/aromatic N) is 1. The van der Waals surface area contributed by atoms with Crippen molar-refractivity contribution in [2.24, 2.45) is 4.99 Å². The Morgan fingerprint density at radius 1 is 1.88 bits per heavy atom. The van der Waals surface area contributed by atoms with Crippen LogP contribution in [-0.4, -0.2) is 20.9 Å². The van der Waals surface area contributed by atoms with E-state index < -0.39 is 0 Å². The summed E-state index contributed by atoms with van der Waals surface area (Å²) in [5.41, 5.74) is 0. The van der Waals surface area contributed by atoms with Crippen LogP contribution in [0.5, 0.6) is 0 Å². The molecule has 8 heavy (non-hydrogen) atoms. The van der Waals surface area contributed by atoms with Gasteiger partial charge in [-0.05, 0) is 23.3 Å². The predicted molar refractivity (Wildman–Crippen MR) is 37.6 cm³/mol. The van der Waals surface area contributed by atoms with Crippen molar-refractivity contribution in [2.45, 2.75) is 0 Å². The number of aliphatic imine (C=N–C) groups is 1. The molecule has 0 aliphatic heterocycles. The van der Waals surface area contributed by atoms with Crippen molar-refractivity contribution in [2.75, 3.05) is 6.54 Å². The van der Waals surface area contributed by atoms with Crippen molar-refractivity contribution in [3.63, 3.8) is 0 Å². The van der Waals surface area contributed by atoms with Crippen molar-refractivity contribution in [1.29, 1.82) is 0 Å². The number of thiocarbonyl (C=S) groups is 1. The fraction of sp³-hybridized carbons (Fsp3) is 0.250. The summed E-state index contributed by atoms with van der Waals surface area (Å²) in [4.78, 5) is 3.50. The predicted octanol–water partition coefficient (Wildman–Crippen LogP) is 0.259. The standard InChI is InChI=1S/C4H3NOS2/c6-8-3-1-2-5-4-7/h1H,2H2. The minimum atomic E-state index is 0.275. The molecule has 0 unspecified atom stereocenters.